The summed E-state index contributed by atoms with van der Waals surface area (Å²) in [5.74, 6) is 0.0235. The van der Waals surface area contributed by atoms with Crippen molar-refractivity contribution in [3.05, 3.63) is 111 Å². The van der Waals surface area contributed by atoms with Crippen molar-refractivity contribution < 1.29 is 27.6 Å². The molecule has 1 amide bonds. The number of carbonyl (C=O) groups excluding carboxylic acids is 1. The van der Waals surface area contributed by atoms with Crippen LogP contribution < -0.4 is 19.7 Å². The summed E-state index contributed by atoms with van der Waals surface area (Å²) in [6.07, 6.45) is 6.48. The average Bonchev–Trinajstić information content (AvgIpc) is 3.70. The number of nitrogens with zero attached hydrogens (tertiary/aromatic N) is 4. The third-order valence-corrected chi connectivity index (χ3v) is 14.1. The van der Waals surface area contributed by atoms with Crippen molar-refractivity contribution in [3.8, 4) is 11.5 Å². The van der Waals surface area contributed by atoms with Gasteiger partial charge in [0.15, 0.2) is 0 Å². The van der Waals surface area contributed by atoms with Gasteiger partial charge in [0.25, 0.3) is 21.6 Å². The number of nitro benzene ring substituents is 1. The van der Waals surface area contributed by atoms with Crippen LogP contribution in [0.1, 0.15) is 49.0 Å². The van der Waals surface area contributed by atoms with Crippen molar-refractivity contribution in [2.75, 3.05) is 62.4 Å². The molecule has 3 N–H and O–H groups in total. The molecule has 8 rings (SSSR count). The monoisotopic (exact) mass is 871 g/mol. The fourth-order valence-corrected chi connectivity index (χ4v) is 10.4. The topological polar surface area (TPSA) is 172 Å². The van der Waals surface area contributed by atoms with Gasteiger partial charge in [0.2, 0.25) is 0 Å². The predicted octanol–water partition coefficient (Wildman–Crippen LogP) is 8.35. The number of amides is 1. The van der Waals surface area contributed by atoms with Gasteiger partial charge in [-0.25, -0.2) is 18.1 Å². The minimum Gasteiger partial charge on any atom is -0.455 e. The number of ether oxygens (including phenoxy) is 2. The molecule has 1 aliphatic carbocycles. The van der Waals surface area contributed by atoms with E-state index < -0.39 is 31.4 Å². The van der Waals surface area contributed by atoms with Crippen LogP contribution in [0.25, 0.3) is 16.6 Å². The van der Waals surface area contributed by atoms with Crippen molar-refractivity contribution in [1.82, 2.24) is 19.6 Å². The van der Waals surface area contributed by atoms with E-state index in [2.05, 4.69) is 55.8 Å². The average molecular weight is 872 g/mol. The maximum atomic E-state index is 14.0. The van der Waals surface area contributed by atoms with E-state index in [1.54, 1.807) is 30.5 Å². The van der Waals surface area contributed by atoms with Crippen LogP contribution >= 0.6 is 23.4 Å². The lowest BCUT2D eigenvalue weighted by atomic mass is 9.72. The molecular weight excluding hydrogens is 826 g/mol. The maximum absolute atomic E-state index is 14.0. The number of pyridine rings is 1. The molecule has 1 saturated heterocycles. The first-order chi connectivity index (χ1) is 28.7. The zero-order valence-corrected chi connectivity index (χ0v) is 35.9. The van der Waals surface area contributed by atoms with E-state index in [0.29, 0.717) is 28.7 Å². The number of sulfonamides is 1. The second-order valence-electron chi connectivity index (χ2n) is 16.2. The summed E-state index contributed by atoms with van der Waals surface area (Å²) in [4.78, 5) is 37.6. The van der Waals surface area contributed by atoms with E-state index in [9.17, 15) is 23.3 Å². The molecule has 2 aliphatic heterocycles. The highest BCUT2D eigenvalue weighted by Crippen LogP contribution is 2.44. The Balaban J connectivity index is 1.03. The highest BCUT2D eigenvalue weighted by molar-refractivity contribution is 7.99. The van der Waals surface area contributed by atoms with Crippen LogP contribution in [0.5, 0.6) is 11.5 Å². The van der Waals surface area contributed by atoms with E-state index in [1.165, 1.54) is 47.8 Å². The Bertz CT molecular complexity index is 2590. The fourth-order valence-electron chi connectivity index (χ4n) is 8.08. The van der Waals surface area contributed by atoms with Crippen molar-refractivity contribution in [3.63, 3.8) is 0 Å². The number of thioether (sulfide) groups is 1. The summed E-state index contributed by atoms with van der Waals surface area (Å²) in [7, 11) is -3.04. The van der Waals surface area contributed by atoms with Gasteiger partial charge in [-0.3, -0.25) is 19.8 Å². The van der Waals surface area contributed by atoms with Gasteiger partial charge in [0.1, 0.15) is 22.8 Å². The number of piperazine rings is 1. The van der Waals surface area contributed by atoms with Gasteiger partial charge in [0.05, 0.1) is 34.2 Å². The Hall–Kier alpha value is -5.13. The number of aromatic amines is 1. The number of hydrogen-bond acceptors (Lipinski definition) is 12. The lowest BCUT2D eigenvalue weighted by molar-refractivity contribution is -0.384. The first-order valence-electron chi connectivity index (χ1n) is 19.7. The number of aromatic nitrogens is 2. The Labute approximate surface area is 357 Å². The number of anilines is 2. The van der Waals surface area contributed by atoms with E-state index in [0.717, 1.165) is 74.1 Å². The van der Waals surface area contributed by atoms with Gasteiger partial charge >= 0.3 is 0 Å². The first-order valence-corrected chi connectivity index (χ1v) is 22.6. The lowest BCUT2D eigenvalue weighted by Crippen LogP contribution is -2.47. The first kappa shape index (κ1) is 41.6. The normalized spacial score (nSPS) is 18.2. The molecule has 5 aromatic rings. The zero-order valence-electron chi connectivity index (χ0n) is 33.5. The largest absolute Gasteiger partial charge is 0.455 e. The molecule has 14 nitrogen and oxygen atoms in total. The second kappa shape index (κ2) is 17.1. The summed E-state index contributed by atoms with van der Waals surface area (Å²) in [5.41, 5.74) is 5.55. The van der Waals surface area contributed by atoms with Crippen molar-refractivity contribution >= 4 is 73.0 Å². The van der Waals surface area contributed by atoms with Gasteiger partial charge in [-0.15, -0.1) is 11.8 Å². The number of allylic oxidation sites excluding steroid dienone is 1. The third-order valence-electron chi connectivity index (χ3n) is 11.3. The smallest absolute Gasteiger partial charge is 0.294 e. The van der Waals surface area contributed by atoms with Crippen LogP contribution in [0.15, 0.2) is 94.5 Å². The highest BCUT2D eigenvalue weighted by atomic mass is 35.5. The summed E-state index contributed by atoms with van der Waals surface area (Å²) in [6, 6.07) is 18.9. The fraction of sp³-hybridized carbons (Fsp3) is 0.349. The van der Waals surface area contributed by atoms with Gasteiger partial charge in [-0.2, -0.15) is 0 Å². The van der Waals surface area contributed by atoms with E-state index in [1.807, 2.05) is 18.2 Å². The summed E-state index contributed by atoms with van der Waals surface area (Å²) in [5, 5.41) is 16.7. The molecule has 314 valence electrons. The van der Waals surface area contributed by atoms with Gasteiger partial charge in [-0.05, 0) is 78.3 Å². The number of rotatable bonds is 12. The molecule has 60 heavy (non-hydrogen) atoms. The molecule has 17 heteroatoms. The molecule has 3 aliphatic rings. The van der Waals surface area contributed by atoms with Gasteiger partial charge in [-0.1, -0.05) is 43.2 Å². The van der Waals surface area contributed by atoms with E-state index in [-0.39, 0.29) is 28.5 Å². The molecule has 0 radical (unpaired) electrons. The van der Waals surface area contributed by atoms with Gasteiger partial charge in [0, 0.05) is 84.9 Å². The number of fused-ring (bicyclic) bond motifs is 2. The van der Waals surface area contributed by atoms with Gasteiger partial charge < -0.3 is 24.7 Å². The quantitative estimate of drug-likeness (QED) is 0.0810. The van der Waals surface area contributed by atoms with Crippen molar-refractivity contribution in [1.29, 1.82) is 0 Å². The summed E-state index contributed by atoms with van der Waals surface area (Å²) >= 11 is 7.51. The lowest BCUT2D eigenvalue weighted by Gasteiger charge is -2.39. The van der Waals surface area contributed by atoms with Crippen LogP contribution in [0.3, 0.4) is 0 Å². The second-order valence-corrected chi connectivity index (χ2v) is 19.4. The number of halogens is 1. The molecule has 4 heterocycles. The molecule has 3 aromatic carbocycles. The van der Waals surface area contributed by atoms with Crippen LogP contribution in [-0.2, 0) is 14.8 Å². The Morgan fingerprint density at radius 2 is 1.87 bits per heavy atom. The molecule has 0 spiro atoms. The Morgan fingerprint density at radius 3 is 2.62 bits per heavy atom. The molecule has 0 unspecified atom stereocenters. The zero-order chi connectivity index (χ0) is 42.2. The van der Waals surface area contributed by atoms with Crippen molar-refractivity contribution in [2.24, 2.45) is 5.41 Å². The standard InChI is InChI=1S/C43H46ClN7O7S2/c1-43(2)12-10-29(36(22-43)27-4-6-30(44)7-5-27)24-49-14-16-50(17-15-49)32-8-9-35(38(19-32)58-33-18-28-11-13-45-41(28)46-23-33)42(52)48-60(55,56)34-20-37(51(53)54)40-39(21-34)59-26-31(47-40)25-57-3/h4-9,11,13,18-21,23,31,47H,10,12,14-17,22,24-26H2,1-3H3,(H,45,46)(H,48,52)/t31-/m1/s1. The number of carbonyl (C=O) groups is 1. The molecule has 1 fully saturated rings. The Morgan fingerprint density at radius 1 is 1.08 bits per heavy atom. The number of H-pyrrole nitrogens is 1. The van der Waals surface area contributed by atoms with Crippen LogP contribution in [0, 0.1) is 15.5 Å². The maximum Gasteiger partial charge on any atom is 0.294 e. The number of nitrogens with one attached hydrogen (secondary N) is 3. The van der Waals surface area contributed by atoms with Crippen LogP contribution in [-0.4, -0.2) is 92.4 Å². The molecular formula is C43H46ClN7O7S2. The minimum absolute atomic E-state index is 0.0390. The molecule has 1 atom stereocenters. The number of nitro groups is 1. The summed E-state index contributed by atoms with van der Waals surface area (Å²) < 4.78 is 41.2. The Kier molecular flexibility index (Phi) is 11.8. The van der Waals surface area contributed by atoms with E-state index >= 15 is 0 Å². The SMILES string of the molecule is COC[C@@H]1CSc2cc(S(=O)(=O)NC(=O)c3ccc(N4CCN(CC5=C(c6ccc(Cl)cc6)CC(C)(C)CC5)CC4)cc3Oc3cnc4[nH]ccc4c3)cc([N+](=O)[O-])c2N1. The highest BCUT2D eigenvalue weighted by Gasteiger charge is 2.33. The minimum atomic E-state index is -4.58. The van der Waals surface area contributed by atoms with E-state index in [4.69, 9.17) is 21.1 Å². The number of benzene rings is 3. The molecule has 0 saturated carbocycles. The number of methoxy groups -OCH3 is 1. The third kappa shape index (κ3) is 9.12. The summed E-state index contributed by atoms with van der Waals surface area (Å²) in [6.45, 7) is 8.95. The van der Waals surface area contributed by atoms with Crippen molar-refractivity contribution in [2.45, 2.75) is 48.9 Å². The van der Waals surface area contributed by atoms with Crippen LogP contribution in [0.2, 0.25) is 5.02 Å². The molecule has 0 bridgehead atoms. The number of hydrogen-bond donors (Lipinski definition) is 3. The predicted molar refractivity (Wildman–Crippen MR) is 235 cm³/mol. The van der Waals surface area contributed by atoms with Crippen LogP contribution in [0.4, 0.5) is 17.1 Å². The molecule has 2 aromatic heterocycles.